The molecule has 0 saturated carbocycles. The molecule has 16 heavy (non-hydrogen) atoms. The van der Waals surface area contributed by atoms with Gasteiger partial charge in [-0.3, -0.25) is 0 Å². The number of benzene rings is 1. The maximum Gasteiger partial charge on any atom is 0.247 e. The van der Waals surface area contributed by atoms with Gasteiger partial charge < -0.3 is 9.52 Å². The second kappa shape index (κ2) is 5.30. The van der Waals surface area contributed by atoms with Crippen LogP contribution in [0.2, 0.25) is 0 Å². The van der Waals surface area contributed by atoms with Gasteiger partial charge in [0.15, 0.2) is 0 Å². The van der Waals surface area contributed by atoms with Crippen molar-refractivity contribution < 1.29 is 9.52 Å². The molecule has 0 bridgehead atoms. The molecular weight excluding hydrogens is 204 g/mol. The average molecular weight is 220 g/mol. The maximum atomic E-state index is 9.48. The molecule has 0 fully saturated rings. The molecule has 0 saturated heterocycles. The van der Waals surface area contributed by atoms with E-state index in [0.29, 0.717) is 11.8 Å². The van der Waals surface area contributed by atoms with E-state index in [2.05, 4.69) is 10.2 Å². The highest BCUT2D eigenvalue weighted by Crippen LogP contribution is 2.24. The Balaban J connectivity index is 0.000000606. The Morgan fingerprint density at radius 2 is 1.81 bits per heavy atom. The number of phenols is 1. The summed E-state index contributed by atoms with van der Waals surface area (Å²) in [6, 6.07) is 5.26. The van der Waals surface area contributed by atoms with E-state index in [1.54, 1.807) is 13.0 Å². The van der Waals surface area contributed by atoms with E-state index in [1.165, 1.54) is 0 Å². The summed E-state index contributed by atoms with van der Waals surface area (Å²) in [5, 5.41) is 17.1. The predicted octanol–water partition coefficient (Wildman–Crippen LogP) is 3.09. The number of hydrogen-bond acceptors (Lipinski definition) is 4. The Morgan fingerprint density at radius 3 is 2.31 bits per heavy atom. The van der Waals surface area contributed by atoms with Gasteiger partial charge in [0, 0.05) is 12.5 Å². The molecule has 1 aromatic carbocycles. The third-order valence-corrected chi connectivity index (χ3v) is 1.98. The zero-order chi connectivity index (χ0) is 12.1. The first-order chi connectivity index (χ1) is 7.66. The lowest BCUT2D eigenvalue weighted by Crippen LogP contribution is -1.80. The van der Waals surface area contributed by atoms with Crippen LogP contribution in [-0.2, 0) is 0 Å². The molecule has 0 spiro atoms. The second-order valence-corrected chi connectivity index (χ2v) is 3.13. The molecule has 2 aromatic rings. The van der Waals surface area contributed by atoms with Crippen LogP contribution >= 0.6 is 0 Å². The number of nitrogens with zero attached hydrogens (tertiary/aromatic N) is 2. The fraction of sp³-hybridized carbons (Fsp3) is 0.333. The van der Waals surface area contributed by atoms with Crippen molar-refractivity contribution in [3.8, 4) is 17.2 Å². The fourth-order valence-corrected chi connectivity index (χ4v) is 1.16. The van der Waals surface area contributed by atoms with Gasteiger partial charge in [0.25, 0.3) is 0 Å². The maximum absolute atomic E-state index is 9.48. The van der Waals surface area contributed by atoms with Gasteiger partial charge in [-0.1, -0.05) is 19.9 Å². The minimum atomic E-state index is 0.235. The standard InChI is InChI=1S/C10H10N2O2.C2H6/c1-6-3-4-8(5-9(6)13)10-12-11-7(2)14-10;1-2/h3-5,13H,1-2H3;1-2H3. The van der Waals surface area contributed by atoms with Gasteiger partial charge in [-0.25, -0.2) is 0 Å². The highest BCUT2D eigenvalue weighted by molar-refractivity contribution is 5.56. The minimum Gasteiger partial charge on any atom is -0.508 e. The first-order valence-corrected chi connectivity index (χ1v) is 5.27. The molecule has 2 rings (SSSR count). The number of hydrogen-bond donors (Lipinski definition) is 1. The number of aromatic hydroxyl groups is 1. The summed E-state index contributed by atoms with van der Waals surface area (Å²) in [5.41, 5.74) is 1.55. The summed E-state index contributed by atoms with van der Waals surface area (Å²) in [7, 11) is 0. The summed E-state index contributed by atoms with van der Waals surface area (Å²) >= 11 is 0. The zero-order valence-electron chi connectivity index (χ0n) is 9.98. The van der Waals surface area contributed by atoms with Crippen LogP contribution in [0.1, 0.15) is 25.3 Å². The van der Waals surface area contributed by atoms with E-state index in [9.17, 15) is 5.11 Å². The Bertz CT molecular complexity index is 464. The van der Waals surface area contributed by atoms with Crippen molar-refractivity contribution >= 4 is 0 Å². The molecule has 0 atom stereocenters. The van der Waals surface area contributed by atoms with Gasteiger partial charge in [-0.2, -0.15) is 0 Å². The molecule has 0 radical (unpaired) electrons. The third-order valence-electron chi connectivity index (χ3n) is 1.98. The van der Waals surface area contributed by atoms with Crippen LogP contribution in [0.3, 0.4) is 0 Å². The van der Waals surface area contributed by atoms with Crippen LogP contribution in [0.4, 0.5) is 0 Å². The van der Waals surface area contributed by atoms with Crippen LogP contribution in [0.25, 0.3) is 11.5 Å². The summed E-state index contributed by atoms with van der Waals surface area (Å²) in [4.78, 5) is 0. The molecule has 1 heterocycles. The zero-order valence-corrected chi connectivity index (χ0v) is 9.98. The number of rotatable bonds is 1. The third kappa shape index (κ3) is 2.59. The lowest BCUT2D eigenvalue weighted by Gasteiger charge is -1.99. The van der Waals surface area contributed by atoms with E-state index >= 15 is 0 Å². The molecule has 1 aromatic heterocycles. The van der Waals surface area contributed by atoms with Crippen molar-refractivity contribution in [2.75, 3.05) is 0 Å². The average Bonchev–Trinajstić information content (AvgIpc) is 2.72. The fourth-order valence-electron chi connectivity index (χ4n) is 1.16. The smallest absolute Gasteiger partial charge is 0.247 e. The molecule has 0 unspecified atom stereocenters. The van der Waals surface area contributed by atoms with Crippen LogP contribution in [0.5, 0.6) is 5.75 Å². The summed E-state index contributed by atoms with van der Waals surface area (Å²) in [6.07, 6.45) is 0. The Labute approximate surface area is 95.0 Å². The van der Waals surface area contributed by atoms with Gasteiger partial charge in [0.2, 0.25) is 11.8 Å². The van der Waals surface area contributed by atoms with E-state index in [4.69, 9.17) is 4.42 Å². The molecule has 86 valence electrons. The van der Waals surface area contributed by atoms with Crippen LogP contribution in [0.15, 0.2) is 22.6 Å². The SMILES string of the molecule is CC.Cc1nnc(-c2ccc(C)c(O)c2)o1. The topological polar surface area (TPSA) is 59.2 Å². The highest BCUT2D eigenvalue weighted by atomic mass is 16.4. The van der Waals surface area contributed by atoms with Gasteiger partial charge in [0.05, 0.1) is 0 Å². The molecular formula is C12H16N2O2. The van der Waals surface area contributed by atoms with Gasteiger partial charge in [-0.05, 0) is 24.6 Å². The lowest BCUT2D eigenvalue weighted by molar-refractivity contribution is 0.470. The number of aryl methyl sites for hydroxylation is 2. The van der Waals surface area contributed by atoms with Crippen molar-refractivity contribution in [2.24, 2.45) is 0 Å². The van der Waals surface area contributed by atoms with E-state index < -0.39 is 0 Å². The Morgan fingerprint density at radius 1 is 1.12 bits per heavy atom. The van der Waals surface area contributed by atoms with Crippen molar-refractivity contribution in [3.05, 3.63) is 29.7 Å². The summed E-state index contributed by atoms with van der Waals surface area (Å²) in [6.45, 7) is 7.56. The highest BCUT2D eigenvalue weighted by Gasteiger charge is 2.07. The molecule has 1 N–H and O–H groups in total. The molecule has 0 amide bonds. The van der Waals surface area contributed by atoms with E-state index in [1.807, 2.05) is 32.9 Å². The molecule has 0 aliphatic carbocycles. The number of aromatic nitrogens is 2. The van der Waals surface area contributed by atoms with Crippen molar-refractivity contribution in [1.29, 1.82) is 0 Å². The van der Waals surface area contributed by atoms with Gasteiger partial charge >= 0.3 is 0 Å². The summed E-state index contributed by atoms with van der Waals surface area (Å²) < 4.78 is 5.23. The second-order valence-electron chi connectivity index (χ2n) is 3.13. The molecule has 4 nitrogen and oxygen atoms in total. The molecule has 0 aliphatic heterocycles. The predicted molar refractivity (Wildman–Crippen MR) is 62.2 cm³/mol. The van der Waals surface area contributed by atoms with Crippen molar-refractivity contribution in [3.63, 3.8) is 0 Å². The Kier molecular flexibility index (Phi) is 4.05. The van der Waals surface area contributed by atoms with Gasteiger partial charge in [-0.15, -0.1) is 10.2 Å². The van der Waals surface area contributed by atoms with E-state index in [0.717, 1.165) is 11.1 Å². The first-order valence-electron chi connectivity index (χ1n) is 5.27. The minimum absolute atomic E-state index is 0.235. The number of phenolic OH excluding ortho intramolecular Hbond substituents is 1. The molecule has 0 aliphatic rings. The quantitative estimate of drug-likeness (QED) is 0.802. The largest absolute Gasteiger partial charge is 0.508 e. The molecule has 4 heteroatoms. The Hall–Kier alpha value is -1.84. The summed E-state index contributed by atoms with van der Waals surface area (Å²) in [5.74, 6) is 1.18. The van der Waals surface area contributed by atoms with Crippen LogP contribution in [0, 0.1) is 13.8 Å². The van der Waals surface area contributed by atoms with Gasteiger partial charge in [0.1, 0.15) is 5.75 Å². The lowest BCUT2D eigenvalue weighted by atomic mass is 10.1. The first kappa shape index (κ1) is 12.2. The van der Waals surface area contributed by atoms with Crippen LogP contribution in [-0.4, -0.2) is 15.3 Å². The van der Waals surface area contributed by atoms with E-state index in [-0.39, 0.29) is 5.75 Å². The monoisotopic (exact) mass is 220 g/mol. The van der Waals surface area contributed by atoms with Crippen molar-refractivity contribution in [2.45, 2.75) is 27.7 Å². The van der Waals surface area contributed by atoms with Crippen molar-refractivity contribution in [1.82, 2.24) is 10.2 Å². The van der Waals surface area contributed by atoms with Crippen LogP contribution < -0.4 is 0 Å². The normalized spacial score (nSPS) is 9.50.